The minimum Gasteiger partial charge on any atom is -0.317 e. The predicted octanol–water partition coefficient (Wildman–Crippen LogP) is 1.94. The molecule has 94 valence electrons. The minimum atomic E-state index is 0.0421. The number of anilines is 1. The van der Waals surface area contributed by atoms with E-state index in [0.717, 1.165) is 17.0 Å². The van der Waals surface area contributed by atoms with Gasteiger partial charge in [-0.05, 0) is 19.9 Å². The summed E-state index contributed by atoms with van der Waals surface area (Å²) >= 11 is 0. The van der Waals surface area contributed by atoms with Gasteiger partial charge in [0.05, 0.1) is 6.54 Å². The smallest absolute Gasteiger partial charge is 0.258 e. The third-order valence-corrected chi connectivity index (χ3v) is 3.20. The fourth-order valence-electron chi connectivity index (χ4n) is 1.95. The van der Waals surface area contributed by atoms with Crippen LogP contribution >= 0.6 is 0 Å². The monoisotopic (exact) mass is 243 g/mol. The van der Waals surface area contributed by atoms with Gasteiger partial charge in [-0.3, -0.25) is 9.36 Å². The molecule has 0 radical (unpaired) electrons. The Kier molecular flexibility index (Phi) is 3.19. The van der Waals surface area contributed by atoms with E-state index in [1.54, 1.807) is 10.6 Å². The van der Waals surface area contributed by atoms with Crippen molar-refractivity contribution < 1.29 is 0 Å². The molecule has 2 heterocycles. The molecule has 0 bridgehead atoms. The lowest BCUT2D eigenvalue weighted by Crippen LogP contribution is -2.23. The number of fused-ring (bicyclic) bond motifs is 1. The highest BCUT2D eigenvalue weighted by Gasteiger charge is 2.24. The predicted molar refractivity (Wildman–Crippen MR) is 73.8 cm³/mol. The number of likely N-dealkylation sites (N-methyl/N-ethyl adjacent to an activating group) is 1. The van der Waals surface area contributed by atoms with Gasteiger partial charge in [-0.1, -0.05) is 24.8 Å². The number of nitrogens with zero attached hydrogens (tertiary/aromatic N) is 3. The molecule has 1 aromatic rings. The van der Waals surface area contributed by atoms with Gasteiger partial charge >= 0.3 is 0 Å². The van der Waals surface area contributed by atoms with E-state index < -0.39 is 0 Å². The van der Waals surface area contributed by atoms with Gasteiger partial charge < -0.3 is 4.90 Å². The molecule has 0 fully saturated rings. The van der Waals surface area contributed by atoms with Crippen molar-refractivity contribution in [1.29, 1.82) is 0 Å². The molecule has 0 N–H and O–H groups in total. The number of hydrogen-bond donors (Lipinski definition) is 0. The molecule has 1 aliphatic rings. The van der Waals surface area contributed by atoms with Gasteiger partial charge in [0, 0.05) is 24.0 Å². The molecule has 2 rings (SSSR count). The zero-order valence-electron chi connectivity index (χ0n) is 11.0. The summed E-state index contributed by atoms with van der Waals surface area (Å²) in [6.07, 6.45) is 7.46. The Hall–Kier alpha value is -2.10. The molecule has 0 amide bonds. The first kappa shape index (κ1) is 12.4. The zero-order chi connectivity index (χ0) is 13.3. The summed E-state index contributed by atoms with van der Waals surface area (Å²) in [5, 5.41) is 0. The number of allylic oxidation sites excluding steroid dienone is 5. The van der Waals surface area contributed by atoms with Crippen LogP contribution in [0.1, 0.15) is 11.3 Å². The Labute approximate surface area is 107 Å². The zero-order valence-corrected chi connectivity index (χ0v) is 11.0. The van der Waals surface area contributed by atoms with E-state index in [-0.39, 0.29) is 5.56 Å². The summed E-state index contributed by atoms with van der Waals surface area (Å²) in [5.41, 5.74) is 2.60. The summed E-state index contributed by atoms with van der Waals surface area (Å²) in [4.78, 5) is 18.6. The topological polar surface area (TPSA) is 38.1 Å². The molecule has 0 aliphatic carbocycles. The normalized spacial score (nSPS) is 16.6. The van der Waals surface area contributed by atoms with E-state index in [4.69, 9.17) is 0 Å². The fourth-order valence-corrected chi connectivity index (χ4v) is 1.95. The van der Waals surface area contributed by atoms with E-state index in [1.165, 1.54) is 0 Å². The van der Waals surface area contributed by atoms with Crippen molar-refractivity contribution in [3.05, 3.63) is 58.2 Å². The highest BCUT2D eigenvalue weighted by molar-refractivity contribution is 5.47. The van der Waals surface area contributed by atoms with E-state index in [0.29, 0.717) is 12.5 Å². The molecular weight excluding hydrogens is 226 g/mol. The van der Waals surface area contributed by atoms with Crippen molar-refractivity contribution in [2.24, 2.45) is 0 Å². The van der Waals surface area contributed by atoms with E-state index in [9.17, 15) is 4.79 Å². The average molecular weight is 243 g/mol. The molecule has 1 aliphatic heterocycles. The van der Waals surface area contributed by atoms with Crippen molar-refractivity contribution in [2.75, 3.05) is 11.9 Å². The molecule has 4 heteroatoms. The first-order valence-electron chi connectivity index (χ1n) is 5.86. The Bertz CT molecular complexity index is 608. The van der Waals surface area contributed by atoms with Crippen LogP contribution < -0.4 is 10.5 Å². The van der Waals surface area contributed by atoms with Crippen LogP contribution in [0.4, 0.5) is 5.95 Å². The SMILES string of the molecule is C=C/C=C\C=C1/Cn2c(nc(C)c(C)c2=O)N1C. The van der Waals surface area contributed by atoms with Crippen LogP contribution in [-0.4, -0.2) is 16.6 Å². The maximum absolute atomic E-state index is 12.1. The van der Waals surface area contributed by atoms with Gasteiger partial charge in [0.15, 0.2) is 0 Å². The molecule has 0 spiro atoms. The summed E-state index contributed by atoms with van der Waals surface area (Å²) in [5.74, 6) is 0.710. The Morgan fingerprint density at radius 2 is 2.06 bits per heavy atom. The fraction of sp³-hybridized carbons (Fsp3) is 0.286. The largest absolute Gasteiger partial charge is 0.317 e. The lowest BCUT2D eigenvalue weighted by Gasteiger charge is -2.12. The van der Waals surface area contributed by atoms with Gasteiger partial charge in [0.2, 0.25) is 5.95 Å². The first-order chi connectivity index (χ1) is 8.56. The second-order valence-corrected chi connectivity index (χ2v) is 4.35. The minimum absolute atomic E-state index is 0.0421. The molecule has 0 aromatic carbocycles. The first-order valence-corrected chi connectivity index (χ1v) is 5.86. The lowest BCUT2D eigenvalue weighted by atomic mass is 10.3. The van der Waals surface area contributed by atoms with E-state index in [2.05, 4.69) is 11.6 Å². The van der Waals surface area contributed by atoms with Crippen LogP contribution in [0.3, 0.4) is 0 Å². The summed E-state index contributed by atoms with van der Waals surface area (Å²) in [7, 11) is 1.92. The maximum Gasteiger partial charge on any atom is 0.258 e. The third-order valence-electron chi connectivity index (χ3n) is 3.20. The van der Waals surface area contributed by atoms with Crippen molar-refractivity contribution >= 4 is 5.95 Å². The van der Waals surface area contributed by atoms with Gasteiger partial charge in [0.1, 0.15) is 0 Å². The van der Waals surface area contributed by atoms with Crippen LogP contribution in [-0.2, 0) is 6.54 Å². The second-order valence-electron chi connectivity index (χ2n) is 4.35. The Morgan fingerprint density at radius 3 is 2.72 bits per heavy atom. The number of rotatable bonds is 2. The standard InChI is InChI=1S/C14H17N3O/c1-5-6-7-8-12-9-17-13(18)10(2)11(3)15-14(17)16(12)4/h5-8H,1,9H2,2-4H3/b7-6-,12-8+. The van der Waals surface area contributed by atoms with Gasteiger partial charge in [-0.25, -0.2) is 4.98 Å². The van der Waals surface area contributed by atoms with Crippen molar-refractivity contribution in [2.45, 2.75) is 20.4 Å². The highest BCUT2D eigenvalue weighted by Crippen LogP contribution is 2.23. The van der Waals surface area contributed by atoms with E-state index >= 15 is 0 Å². The molecule has 0 saturated heterocycles. The molecule has 18 heavy (non-hydrogen) atoms. The van der Waals surface area contributed by atoms with Crippen LogP contribution in [0.15, 0.2) is 41.4 Å². The molecular formula is C14H17N3O. The van der Waals surface area contributed by atoms with E-state index in [1.807, 2.05) is 44.0 Å². The lowest BCUT2D eigenvalue weighted by molar-refractivity contribution is 0.779. The van der Waals surface area contributed by atoms with Crippen molar-refractivity contribution in [3.8, 4) is 0 Å². The number of aryl methyl sites for hydroxylation is 1. The molecule has 4 nitrogen and oxygen atoms in total. The Balaban J connectivity index is 2.48. The molecule has 1 aromatic heterocycles. The maximum atomic E-state index is 12.1. The van der Waals surface area contributed by atoms with Crippen LogP contribution in [0.2, 0.25) is 0 Å². The van der Waals surface area contributed by atoms with Crippen LogP contribution in [0.5, 0.6) is 0 Å². The molecule has 0 unspecified atom stereocenters. The third kappa shape index (κ3) is 1.90. The molecule has 0 atom stereocenters. The highest BCUT2D eigenvalue weighted by atomic mass is 16.1. The Morgan fingerprint density at radius 1 is 1.33 bits per heavy atom. The van der Waals surface area contributed by atoms with Gasteiger partial charge in [-0.2, -0.15) is 0 Å². The molecule has 0 saturated carbocycles. The second kappa shape index (κ2) is 4.64. The average Bonchev–Trinajstić information content (AvgIpc) is 2.65. The van der Waals surface area contributed by atoms with Crippen molar-refractivity contribution in [1.82, 2.24) is 9.55 Å². The summed E-state index contributed by atoms with van der Waals surface area (Å²) < 4.78 is 1.70. The summed E-state index contributed by atoms with van der Waals surface area (Å²) in [6, 6.07) is 0. The van der Waals surface area contributed by atoms with Crippen LogP contribution in [0.25, 0.3) is 0 Å². The quantitative estimate of drug-likeness (QED) is 0.745. The number of aromatic nitrogens is 2. The van der Waals surface area contributed by atoms with Gasteiger partial charge in [0.25, 0.3) is 5.56 Å². The summed E-state index contributed by atoms with van der Waals surface area (Å²) in [6.45, 7) is 7.88. The van der Waals surface area contributed by atoms with Gasteiger partial charge in [-0.15, -0.1) is 0 Å². The number of hydrogen-bond acceptors (Lipinski definition) is 3. The van der Waals surface area contributed by atoms with Crippen LogP contribution in [0, 0.1) is 13.8 Å². The van der Waals surface area contributed by atoms with Crippen molar-refractivity contribution in [3.63, 3.8) is 0 Å².